The predicted molar refractivity (Wildman–Crippen MR) is 75.1 cm³/mol. The van der Waals surface area contributed by atoms with Crippen LogP contribution in [-0.2, 0) is 10.9 Å². The van der Waals surface area contributed by atoms with Crippen molar-refractivity contribution in [3.63, 3.8) is 0 Å². The van der Waals surface area contributed by atoms with Crippen LogP contribution in [0.3, 0.4) is 0 Å². The molecule has 0 bridgehead atoms. The zero-order valence-electron chi connectivity index (χ0n) is 12.3. The second-order valence-electron chi connectivity index (χ2n) is 5.33. The fourth-order valence-electron chi connectivity index (χ4n) is 2.58. The smallest absolute Gasteiger partial charge is 0.374 e. The first-order valence-corrected chi connectivity index (χ1v) is 7.12. The second-order valence-corrected chi connectivity index (χ2v) is 5.33. The molecule has 118 valence electrons. The van der Waals surface area contributed by atoms with Crippen LogP contribution < -0.4 is 5.32 Å². The molecule has 1 heterocycles. The molecule has 0 aromatic heterocycles. The maximum Gasteiger partial charge on any atom is 0.416 e. The van der Waals surface area contributed by atoms with Gasteiger partial charge in [0.2, 0.25) is 0 Å². The molecule has 1 aliphatic heterocycles. The van der Waals surface area contributed by atoms with Crippen molar-refractivity contribution in [1.82, 2.24) is 10.2 Å². The van der Waals surface area contributed by atoms with Gasteiger partial charge >= 0.3 is 6.18 Å². The van der Waals surface area contributed by atoms with Gasteiger partial charge in [0.15, 0.2) is 0 Å². The van der Waals surface area contributed by atoms with Gasteiger partial charge in [-0.3, -0.25) is 0 Å². The van der Waals surface area contributed by atoms with Gasteiger partial charge in [0.25, 0.3) is 0 Å². The van der Waals surface area contributed by atoms with Crippen LogP contribution in [0.25, 0.3) is 0 Å². The monoisotopic (exact) mass is 302 g/mol. The quantitative estimate of drug-likeness (QED) is 0.925. The van der Waals surface area contributed by atoms with E-state index in [0.717, 1.165) is 37.3 Å². The van der Waals surface area contributed by atoms with E-state index in [4.69, 9.17) is 4.74 Å². The van der Waals surface area contributed by atoms with Gasteiger partial charge in [0.05, 0.1) is 24.3 Å². The molecule has 1 fully saturated rings. The van der Waals surface area contributed by atoms with E-state index in [9.17, 15) is 13.2 Å². The molecule has 2 rings (SSSR count). The van der Waals surface area contributed by atoms with E-state index < -0.39 is 11.7 Å². The van der Waals surface area contributed by atoms with Crippen molar-refractivity contribution >= 4 is 0 Å². The van der Waals surface area contributed by atoms with E-state index in [2.05, 4.69) is 10.2 Å². The second kappa shape index (κ2) is 6.77. The topological polar surface area (TPSA) is 24.5 Å². The van der Waals surface area contributed by atoms with Crippen molar-refractivity contribution in [2.24, 2.45) is 0 Å². The van der Waals surface area contributed by atoms with Crippen LogP contribution in [0.4, 0.5) is 13.2 Å². The van der Waals surface area contributed by atoms with E-state index in [-0.39, 0.29) is 12.1 Å². The third kappa shape index (κ3) is 4.18. The number of nitrogens with one attached hydrogen (secondary N) is 1. The summed E-state index contributed by atoms with van der Waals surface area (Å²) >= 11 is 0. The highest BCUT2D eigenvalue weighted by Gasteiger charge is 2.31. The Morgan fingerprint density at radius 2 is 2.00 bits per heavy atom. The first-order chi connectivity index (χ1) is 9.91. The summed E-state index contributed by atoms with van der Waals surface area (Å²) in [5, 5.41) is 3.31. The minimum Gasteiger partial charge on any atom is -0.374 e. The number of rotatable bonds is 4. The zero-order valence-corrected chi connectivity index (χ0v) is 12.3. The molecule has 2 unspecified atom stereocenters. The third-order valence-corrected chi connectivity index (χ3v) is 3.69. The van der Waals surface area contributed by atoms with E-state index in [0.29, 0.717) is 6.61 Å². The Hall–Kier alpha value is -1.11. The molecule has 0 aliphatic carbocycles. The first-order valence-electron chi connectivity index (χ1n) is 7.12. The highest BCUT2D eigenvalue weighted by molar-refractivity contribution is 5.27. The van der Waals surface area contributed by atoms with Gasteiger partial charge < -0.3 is 15.0 Å². The van der Waals surface area contributed by atoms with Gasteiger partial charge in [-0.2, -0.15) is 13.2 Å². The standard InChI is InChI=1S/C15H21F3N2O/c1-3-19-14(13-10-20(2)8-9-21-13)11-4-6-12(7-5-11)15(16,17)18/h4-7,13-14,19H,3,8-10H2,1-2H3. The number of hydrogen-bond donors (Lipinski definition) is 1. The van der Waals surface area contributed by atoms with Gasteiger partial charge in [-0.25, -0.2) is 0 Å². The van der Waals surface area contributed by atoms with Gasteiger partial charge in [-0.15, -0.1) is 0 Å². The van der Waals surface area contributed by atoms with Crippen molar-refractivity contribution in [3.05, 3.63) is 35.4 Å². The number of benzene rings is 1. The highest BCUT2D eigenvalue weighted by atomic mass is 19.4. The Bertz CT molecular complexity index is 447. The van der Waals surface area contributed by atoms with Crippen molar-refractivity contribution in [1.29, 1.82) is 0 Å². The Morgan fingerprint density at radius 3 is 2.52 bits per heavy atom. The molecule has 0 spiro atoms. The molecule has 1 saturated heterocycles. The zero-order chi connectivity index (χ0) is 15.5. The van der Waals surface area contributed by atoms with Crippen LogP contribution in [0, 0.1) is 0 Å². The van der Waals surface area contributed by atoms with Gasteiger partial charge in [-0.1, -0.05) is 19.1 Å². The Kier molecular flexibility index (Phi) is 5.24. The molecule has 2 atom stereocenters. The fourth-order valence-corrected chi connectivity index (χ4v) is 2.58. The molecule has 1 aliphatic rings. The largest absolute Gasteiger partial charge is 0.416 e. The average Bonchev–Trinajstić information content (AvgIpc) is 2.44. The summed E-state index contributed by atoms with van der Waals surface area (Å²) in [5.74, 6) is 0. The van der Waals surface area contributed by atoms with Crippen molar-refractivity contribution < 1.29 is 17.9 Å². The van der Waals surface area contributed by atoms with Crippen LogP contribution in [0.1, 0.15) is 24.1 Å². The molecule has 0 saturated carbocycles. The van der Waals surface area contributed by atoms with Gasteiger partial charge in [-0.05, 0) is 31.3 Å². The summed E-state index contributed by atoms with van der Waals surface area (Å²) in [7, 11) is 2.02. The average molecular weight is 302 g/mol. The summed E-state index contributed by atoms with van der Waals surface area (Å²) in [6.45, 7) is 4.99. The Labute approximate surface area is 123 Å². The molecule has 0 radical (unpaired) electrons. The Balaban J connectivity index is 2.17. The van der Waals surface area contributed by atoms with Crippen molar-refractivity contribution in [2.45, 2.75) is 25.2 Å². The van der Waals surface area contributed by atoms with Crippen LogP contribution in [0.5, 0.6) is 0 Å². The Morgan fingerprint density at radius 1 is 1.33 bits per heavy atom. The molecular weight excluding hydrogens is 281 g/mol. The van der Waals surface area contributed by atoms with Gasteiger partial charge in [0.1, 0.15) is 0 Å². The predicted octanol–water partition coefficient (Wildman–Crippen LogP) is 2.69. The van der Waals surface area contributed by atoms with Crippen LogP contribution in [0.15, 0.2) is 24.3 Å². The number of halogens is 3. The maximum atomic E-state index is 12.6. The molecule has 1 aromatic carbocycles. The van der Waals surface area contributed by atoms with E-state index >= 15 is 0 Å². The highest BCUT2D eigenvalue weighted by Crippen LogP contribution is 2.31. The van der Waals surface area contributed by atoms with Crippen molar-refractivity contribution in [2.75, 3.05) is 33.3 Å². The summed E-state index contributed by atoms with van der Waals surface area (Å²) in [6.07, 6.45) is -4.35. The van der Waals surface area contributed by atoms with Crippen LogP contribution in [-0.4, -0.2) is 44.3 Å². The van der Waals surface area contributed by atoms with E-state index in [1.54, 1.807) is 0 Å². The first kappa shape index (κ1) is 16.3. The third-order valence-electron chi connectivity index (χ3n) is 3.69. The molecular formula is C15H21F3N2O. The van der Waals surface area contributed by atoms with Crippen LogP contribution in [0.2, 0.25) is 0 Å². The van der Waals surface area contributed by atoms with Crippen LogP contribution >= 0.6 is 0 Å². The molecule has 6 heteroatoms. The maximum absolute atomic E-state index is 12.6. The number of nitrogens with zero attached hydrogens (tertiary/aromatic N) is 1. The van der Waals surface area contributed by atoms with Gasteiger partial charge in [0, 0.05) is 13.1 Å². The van der Waals surface area contributed by atoms with Crippen molar-refractivity contribution in [3.8, 4) is 0 Å². The molecule has 1 aromatic rings. The summed E-state index contributed by atoms with van der Waals surface area (Å²) in [5.41, 5.74) is 0.202. The number of alkyl halides is 3. The lowest BCUT2D eigenvalue weighted by Crippen LogP contribution is -2.46. The normalized spacial score (nSPS) is 22.2. The molecule has 21 heavy (non-hydrogen) atoms. The molecule has 0 amide bonds. The number of hydrogen-bond acceptors (Lipinski definition) is 3. The number of morpholine rings is 1. The lowest BCUT2D eigenvalue weighted by molar-refractivity contribution is -0.137. The molecule has 1 N–H and O–H groups in total. The SMILES string of the molecule is CCNC(c1ccc(C(F)(F)F)cc1)C1CN(C)CCO1. The minimum absolute atomic E-state index is 0.0552. The summed E-state index contributed by atoms with van der Waals surface area (Å²) in [6, 6.07) is 5.24. The lowest BCUT2D eigenvalue weighted by Gasteiger charge is -2.35. The van der Waals surface area contributed by atoms with E-state index in [1.165, 1.54) is 12.1 Å². The summed E-state index contributed by atoms with van der Waals surface area (Å²) < 4.78 is 43.7. The number of likely N-dealkylation sites (N-methyl/N-ethyl adjacent to an activating group) is 2. The molecule has 3 nitrogen and oxygen atoms in total. The lowest BCUT2D eigenvalue weighted by atomic mass is 9.98. The summed E-state index contributed by atoms with van der Waals surface area (Å²) in [4.78, 5) is 2.17. The van der Waals surface area contributed by atoms with E-state index in [1.807, 2.05) is 14.0 Å². The minimum atomic E-state index is -4.30. The number of ether oxygens (including phenoxy) is 1. The fraction of sp³-hybridized carbons (Fsp3) is 0.600.